The molecule has 3 aromatic rings. The molecule has 0 unspecified atom stereocenters. The lowest BCUT2D eigenvalue weighted by Gasteiger charge is -2.09. The van der Waals surface area contributed by atoms with Gasteiger partial charge in [0.05, 0.1) is 12.0 Å². The number of halogens is 1. The lowest BCUT2D eigenvalue weighted by Crippen LogP contribution is -2.15. The summed E-state index contributed by atoms with van der Waals surface area (Å²) >= 11 is 1.23. The van der Waals surface area contributed by atoms with Crippen LogP contribution in [0.5, 0.6) is 5.75 Å². The lowest BCUT2D eigenvalue weighted by atomic mass is 10.2. The topological polar surface area (TPSA) is 98.5 Å². The lowest BCUT2D eigenvalue weighted by molar-refractivity contribution is 0.103. The number of sulfonamides is 1. The summed E-state index contributed by atoms with van der Waals surface area (Å²) in [6.45, 7) is 0. The van der Waals surface area contributed by atoms with Crippen molar-refractivity contribution in [2.45, 2.75) is 4.90 Å². The summed E-state index contributed by atoms with van der Waals surface area (Å²) < 4.78 is 41.3. The number of primary sulfonamides is 1. The van der Waals surface area contributed by atoms with Crippen molar-refractivity contribution in [1.29, 1.82) is 0 Å². The fourth-order valence-corrected chi connectivity index (χ4v) is 4.03. The normalized spacial score (nSPS) is 11.2. The number of benzene rings is 2. The Morgan fingerprint density at radius 1 is 1.11 bits per heavy atom. The van der Waals surface area contributed by atoms with Gasteiger partial charge in [0, 0.05) is 10.6 Å². The van der Waals surface area contributed by atoms with Crippen LogP contribution in [0.25, 0.3) is 10.4 Å². The molecule has 0 bridgehead atoms. The molecule has 0 saturated carbocycles. The van der Waals surface area contributed by atoms with Gasteiger partial charge in [-0.3, -0.25) is 4.79 Å². The third-order valence-corrected chi connectivity index (χ3v) is 5.75. The summed E-state index contributed by atoms with van der Waals surface area (Å²) in [6, 6.07) is 13.5. The standard InChI is InChI=1S/C18H15FN2O4S2/c1-25-14-7-6-13(10-17(14)27(20,23)24)21-18(22)16-9-8-15(26-16)11-2-4-12(19)5-3-11/h2-10H,1H3,(H,21,22)(H2,20,23,24). The average Bonchev–Trinajstić information content (AvgIpc) is 3.12. The van der Waals surface area contributed by atoms with Gasteiger partial charge in [0.25, 0.3) is 5.91 Å². The molecule has 0 spiro atoms. The molecule has 0 fully saturated rings. The van der Waals surface area contributed by atoms with Crippen LogP contribution in [-0.2, 0) is 10.0 Å². The first-order chi connectivity index (χ1) is 12.8. The Hall–Kier alpha value is -2.75. The summed E-state index contributed by atoms with van der Waals surface area (Å²) in [4.78, 5) is 13.5. The number of ether oxygens (including phenoxy) is 1. The monoisotopic (exact) mass is 406 g/mol. The highest BCUT2D eigenvalue weighted by Crippen LogP contribution is 2.30. The second kappa shape index (κ2) is 7.47. The number of hydrogen-bond donors (Lipinski definition) is 2. The number of nitrogens with two attached hydrogens (primary N) is 1. The Morgan fingerprint density at radius 3 is 2.44 bits per heavy atom. The quantitative estimate of drug-likeness (QED) is 0.678. The Bertz CT molecular complexity index is 1090. The van der Waals surface area contributed by atoms with E-state index in [0.717, 1.165) is 10.4 Å². The van der Waals surface area contributed by atoms with E-state index >= 15 is 0 Å². The molecule has 0 saturated heterocycles. The number of anilines is 1. The second-order valence-electron chi connectivity index (χ2n) is 5.54. The molecule has 1 heterocycles. The van der Waals surface area contributed by atoms with E-state index in [4.69, 9.17) is 9.88 Å². The number of hydrogen-bond acceptors (Lipinski definition) is 5. The van der Waals surface area contributed by atoms with Crippen LogP contribution in [0.15, 0.2) is 59.5 Å². The molecule has 3 rings (SSSR count). The zero-order chi connectivity index (χ0) is 19.6. The minimum absolute atomic E-state index is 0.0882. The molecule has 0 aliphatic heterocycles. The van der Waals surface area contributed by atoms with Crippen molar-refractivity contribution >= 4 is 33.0 Å². The summed E-state index contributed by atoms with van der Waals surface area (Å²) in [7, 11) is -2.68. The van der Waals surface area contributed by atoms with Crippen LogP contribution >= 0.6 is 11.3 Å². The van der Waals surface area contributed by atoms with Crippen LogP contribution in [0.2, 0.25) is 0 Å². The SMILES string of the molecule is COc1ccc(NC(=O)c2ccc(-c3ccc(F)cc3)s2)cc1S(N)(=O)=O. The van der Waals surface area contributed by atoms with E-state index in [1.807, 2.05) is 0 Å². The molecule has 0 atom stereocenters. The van der Waals surface area contributed by atoms with Gasteiger partial charge in [0.2, 0.25) is 10.0 Å². The average molecular weight is 406 g/mol. The van der Waals surface area contributed by atoms with Gasteiger partial charge in [-0.1, -0.05) is 12.1 Å². The summed E-state index contributed by atoms with van der Waals surface area (Å²) in [5.74, 6) is -0.650. The minimum Gasteiger partial charge on any atom is -0.495 e. The molecule has 27 heavy (non-hydrogen) atoms. The van der Waals surface area contributed by atoms with E-state index in [9.17, 15) is 17.6 Å². The molecular weight excluding hydrogens is 391 g/mol. The predicted molar refractivity (Wildman–Crippen MR) is 102 cm³/mol. The molecule has 9 heteroatoms. The minimum atomic E-state index is -4.01. The van der Waals surface area contributed by atoms with Crippen molar-refractivity contribution in [1.82, 2.24) is 0 Å². The molecule has 0 aliphatic carbocycles. The molecule has 1 amide bonds. The number of carbonyl (C=O) groups excluding carboxylic acids is 1. The predicted octanol–water partition coefficient (Wildman–Crippen LogP) is 3.46. The van der Waals surface area contributed by atoms with Crippen molar-refractivity contribution in [2.75, 3.05) is 12.4 Å². The van der Waals surface area contributed by atoms with Crippen molar-refractivity contribution in [3.63, 3.8) is 0 Å². The Morgan fingerprint density at radius 2 is 1.81 bits per heavy atom. The van der Waals surface area contributed by atoms with Crippen LogP contribution in [0, 0.1) is 5.82 Å². The second-order valence-corrected chi connectivity index (χ2v) is 8.15. The smallest absolute Gasteiger partial charge is 0.265 e. The molecular formula is C18H15FN2O4S2. The first-order valence-corrected chi connectivity index (χ1v) is 10.0. The van der Waals surface area contributed by atoms with Crippen molar-refractivity contribution in [3.05, 3.63) is 65.3 Å². The van der Waals surface area contributed by atoms with Gasteiger partial charge in [-0.2, -0.15) is 0 Å². The fraction of sp³-hybridized carbons (Fsp3) is 0.0556. The van der Waals surface area contributed by atoms with E-state index in [1.165, 1.54) is 48.8 Å². The number of methoxy groups -OCH3 is 1. The Balaban J connectivity index is 1.83. The molecule has 0 aliphatic rings. The molecule has 1 aromatic heterocycles. The van der Waals surface area contributed by atoms with Gasteiger partial charge in [0.1, 0.15) is 16.5 Å². The maximum Gasteiger partial charge on any atom is 0.265 e. The van der Waals surface area contributed by atoms with Crippen LogP contribution in [0.1, 0.15) is 9.67 Å². The van der Waals surface area contributed by atoms with Crippen LogP contribution in [-0.4, -0.2) is 21.4 Å². The largest absolute Gasteiger partial charge is 0.495 e. The van der Waals surface area contributed by atoms with E-state index in [1.54, 1.807) is 24.3 Å². The summed E-state index contributed by atoms with van der Waals surface area (Å²) in [6.07, 6.45) is 0. The van der Waals surface area contributed by atoms with Crippen LogP contribution in [0.3, 0.4) is 0 Å². The molecule has 2 aromatic carbocycles. The number of carbonyl (C=O) groups is 1. The maximum atomic E-state index is 13.0. The molecule has 6 nitrogen and oxygen atoms in total. The molecule has 0 radical (unpaired) electrons. The van der Waals surface area contributed by atoms with Crippen molar-refractivity contribution in [2.24, 2.45) is 5.14 Å². The van der Waals surface area contributed by atoms with Gasteiger partial charge >= 0.3 is 0 Å². The molecule has 3 N–H and O–H groups in total. The maximum absolute atomic E-state index is 13.0. The van der Waals surface area contributed by atoms with E-state index in [-0.39, 0.29) is 22.1 Å². The van der Waals surface area contributed by atoms with E-state index < -0.39 is 15.9 Å². The third-order valence-electron chi connectivity index (χ3n) is 3.69. The number of thiophene rings is 1. The van der Waals surface area contributed by atoms with Crippen LogP contribution < -0.4 is 15.2 Å². The zero-order valence-electron chi connectivity index (χ0n) is 14.1. The highest BCUT2D eigenvalue weighted by molar-refractivity contribution is 7.89. The van der Waals surface area contributed by atoms with Crippen molar-refractivity contribution in [3.8, 4) is 16.2 Å². The van der Waals surface area contributed by atoms with Crippen molar-refractivity contribution < 1.29 is 22.3 Å². The Kier molecular flexibility index (Phi) is 5.26. The third kappa shape index (κ3) is 4.33. The van der Waals surface area contributed by atoms with E-state index in [2.05, 4.69) is 5.32 Å². The number of nitrogens with one attached hydrogen (secondary N) is 1. The first kappa shape index (κ1) is 19.0. The zero-order valence-corrected chi connectivity index (χ0v) is 15.7. The van der Waals surface area contributed by atoms with Gasteiger partial charge in [-0.15, -0.1) is 11.3 Å². The fourth-order valence-electron chi connectivity index (χ4n) is 2.40. The van der Waals surface area contributed by atoms with Crippen LogP contribution in [0.4, 0.5) is 10.1 Å². The Labute approximate surface area is 159 Å². The first-order valence-electron chi connectivity index (χ1n) is 7.66. The van der Waals surface area contributed by atoms with Gasteiger partial charge in [0.15, 0.2) is 0 Å². The van der Waals surface area contributed by atoms with Gasteiger partial charge in [-0.05, 0) is 48.0 Å². The highest BCUT2D eigenvalue weighted by Gasteiger charge is 2.17. The summed E-state index contributed by atoms with van der Waals surface area (Å²) in [5.41, 5.74) is 1.06. The van der Waals surface area contributed by atoms with Gasteiger partial charge < -0.3 is 10.1 Å². The van der Waals surface area contributed by atoms with Gasteiger partial charge in [-0.25, -0.2) is 17.9 Å². The number of rotatable bonds is 5. The molecule has 140 valence electrons. The summed E-state index contributed by atoms with van der Waals surface area (Å²) in [5, 5.41) is 7.81. The highest BCUT2D eigenvalue weighted by atomic mass is 32.2. The van der Waals surface area contributed by atoms with E-state index in [0.29, 0.717) is 4.88 Å². The number of amides is 1.